The van der Waals surface area contributed by atoms with E-state index in [1.165, 1.54) is 18.9 Å². The molecule has 1 aliphatic carbocycles. The second-order valence-electron chi connectivity index (χ2n) is 5.16. The van der Waals surface area contributed by atoms with Crippen molar-refractivity contribution in [2.24, 2.45) is 11.1 Å². The van der Waals surface area contributed by atoms with Gasteiger partial charge in [-0.15, -0.1) is 0 Å². The third-order valence-electron chi connectivity index (χ3n) is 3.70. The Labute approximate surface area is 118 Å². The maximum Gasteiger partial charge on any atom is 0.146 e. The van der Waals surface area contributed by atoms with Crippen LogP contribution in [0.25, 0.3) is 0 Å². The number of ether oxygens (including phenoxy) is 1. The number of rotatable bonds is 7. The van der Waals surface area contributed by atoms with E-state index in [4.69, 9.17) is 22.7 Å². The van der Waals surface area contributed by atoms with Crippen molar-refractivity contribution >= 4 is 22.9 Å². The fraction of sp³-hybridized carbons (Fsp3) is 0.500. The van der Waals surface area contributed by atoms with Gasteiger partial charge in [0.05, 0.1) is 5.69 Å². The van der Waals surface area contributed by atoms with Gasteiger partial charge in [0.25, 0.3) is 0 Å². The predicted molar refractivity (Wildman–Crippen MR) is 78.9 cm³/mol. The zero-order chi connectivity index (χ0) is 13.9. The SMILES string of the molecule is COCCC1(CNc2ccc(C(N)=S)cc2F)CC1. The van der Waals surface area contributed by atoms with E-state index in [1.54, 1.807) is 19.2 Å². The first kappa shape index (κ1) is 14.2. The molecule has 3 N–H and O–H groups in total. The van der Waals surface area contributed by atoms with E-state index >= 15 is 0 Å². The van der Waals surface area contributed by atoms with Gasteiger partial charge in [0.2, 0.25) is 0 Å². The largest absolute Gasteiger partial charge is 0.389 e. The van der Waals surface area contributed by atoms with Gasteiger partial charge in [-0.2, -0.15) is 0 Å². The summed E-state index contributed by atoms with van der Waals surface area (Å²) in [6.07, 6.45) is 3.37. The fourth-order valence-electron chi connectivity index (χ4n) is 2.10. The highest BCUT2D eigenvalue weighted by Gasteiger charge is 2.41. The minimum atomic E-state index is -0.312. The van der Waals surface area contributed by atoms with Gasteiger partial charge >= 0.3 is 0 Å². The summed E-state index contributed by atoms with van der Waals surface area (Å²) in [4.78, 5) is 0.212. The van der Waals surface area contributed by atoms with E-state index in [2.05, 4.69) is 5.32 Å². The lowest BCUT2D eigenvalue weighted by atomic mass is 10.0. The second kappa shape index (κ2) is 5.84. The number of methoxy groups -OCH3 is 1. The zero-order valence-corrected chi connectivity index (χ0v) is 11.9. The summed E-state index contributed by atoms with van der Waals surface area (Å²) in [5.41, 5.74) is 6.81. The van der Waals surface area contributed by atoms with E-state index in [-0.39, 0.29) is 16.2 Å². The average Bonchev–Trinajstić information content (AvgIpc) is 3.15. The molecule has 0 unspecified atom stereocenters. The highest BCUT2D eigenvalue weighted by Crippen LogP contribution is 2.48. The first-order chi connectivity index (χ1) is 9.06. The molecule has 0 radical (unpaired) electrons. The van der Waals surface area contributed by atoms with Crippen LogP contribution >= 0.6 is 12.2 Å². The van der Waals surface area contributed by atoms with Crippen molar-refractivity contribution in [3.63, 3.8) is 0 Å². The quantitative estimate of drug-likeness (QED) is 0.755. The number of thiocarbonyl (C=S) groups is 1. The predicted octanol–water partition coefficient (Wildman–Crippen LogP) is 2.69. The molecule has 104 valence electrons. The third kappa shape index (κ3) is 3.64. The standard InChI is InChI=1S/C14H19FN2OS/c1-18-7-6-14(4-5-14)9-17-12-3-2-10(13(16)19)8-11(12)15/h2-3,8,17H,4-7,9H2,1H3,(H2,16,19). The molecule has 0 heterocycles. The number of nitrogens with two attached hydrogens (primary N) is 1. The van der Waals surface area contributed by atoms with Gasteiger partial charge in [0, 0.05) is 25.8 Å². The minimum Gasteiger partial charge on any atom is -0.389 e. The molecular weight excluding hydrogens is 263 g/mol. The molecular formula is C14H19FN2OS. The van der Waals surface area contributed by atoms with Crippen LogP contribution in [0.1, 0.15) is 24.8 Å². The molecule has 0 bridgehead atoms. The van der Waals surface area contributed by atoms with E-state index in [0.717, 1.165) is 19.6 Å². The molecule has 5 heteroatoms. The van der Waals surface area contributed by atoms with Crippen LogP contribution in [0.3, 0.4) is 0 Å². The molecule has 0 aromatic heterocycles. The number of halogens is 1. The molecule has 2 rings (SSSR count). The topological polar surface area (TPSA) is 47.3 Å². The van der Waals surface area contributed by atoms with Crippen molar-refractivity contribution in [1.82, 2.24) is 0 Å². The maximum atomic E-state index is 13.9. The van der Waals surface area contributed by atoms with E-state index in [0.29, 0.717) is 11.3 Å². The van der Waals surface area contributed by atoms with E-state index in [9.17, 15) is 4.39 Å². The summed E-state index contributed by atoms with van der Waals surface area (Å²) in [6.45, 7) is 1.53. The Morgan fingerprint density at radius 3 is 2.79 bits per heavy atom. The molecule has 0 saturated heterocycles. The maximum absolute atomic E-state index is 13.9. The Hall–Kier alpha value is -1.20. The fourth-order valence-corrected chi connectivity index (χ4v) is 2.23. The van der Waals surface area contributed by atoms with E-state index in [1.807, 2.05) is 0 Å². The summed E-state index contributed by atoms with van der Waals surface area (Å²) >= 11 is 4.82. The molecule has 19 heavy (non-hydrogen) atoms. The summed E-state index contributed by atoms with van der Waals surface area (Å²) in [5.74, 6) is -0.312. The van der Waals surface area contributed by atoms with Crippen LogP contribution in [0.15, 0.2) is 18.2 Å². The van der Waals surface area contributed by atoms with Crippen LogP contribution in [-0.2, 0) is 4.74 Å². The Bertz CT molecular complexity index is 475. The van der Waals surface area contributed by atoms with Crippen LogP contribution in [0.5, 0.6) is 0 Å². The summed E-state index contributed by atoms with van der Waals surface area (Å²) < 4.78 is 19.0. The molecule has 0 spiro atoms. The molecule has 0 atom stereocenters. The number of benzene rings is 1. The van der Waals surface area contributed by atoms with Crippen molar-refractivity contribution in [2.75, 3.05) is 25.6 Å². The molecule has 1 aromatic rings. The zero-order valence-electron chi connectivity index (χ0n) is 11.0. The van der Waals surface area contributed by atoms with Gasteiger partial charge in [-0.25, -0.2) is 4.39 Å². The Kier molecular flexibility index (Phi) is 4.37. The first-order valence-electron chi connectivity index (χ1n) is 6.38. The normalized spacial score (nSPS) is 16.1. The smallest absolute Gasteiger partial charge is 0.146 e. The molecule has 1 aliphatic rings. The summed E-state index contributed by atoms with van der Waals surface area (Å²) in [6, 6.07) is 4.80. The van der Waals surface area contributed by atoms with Crippen LogP contribution in [0.2, 0.25) is 0 Å². The minimum absolute atomic E-state index is 0.212. The summed E-state index contributed by atoms with van der Waals surface area (Å²) in [5, 5.41) is 3.18. The first-order valence-corrected chi connectivity index (χ1v) is 6.79. The highest BCUT2D eigenvalue weighted by molar-refractivity contribution is 7.80. The Morgan fingerprint density at radius 2 is 2.26 bits per heavy atom. The number of hydrogen-bond donors (Lipinski definition) is 2. The lowest BCUT2D eigenvalue weighted by molar-refractivity contribution is 0.175. The molecule has 3 nitrogen and oxygen atoms in total. The van der Waals surface area contributed by atoms with Crippen LogP contribution < -0.4 is 11.1 Å². The molecule has 1 saturated carbocycles. The molecule has 1 fully saturated rings. The van der Waals surface area contributed by atoms with Crippen LogP contribution in [0.4, 0.5) is 10.1 Å². The summed E-state index contributed by atoms with van der Waals surface area (Å²) in [7, 11) is 1.71. The third-order valence-corrected chi connectivity index (χ3v) is 3.94. The van der Waals surface area contributed by atoms with Crippen LogP contribution in [-0.4, -0.2) is 25.2 Å². The molecule has 0 aliphatic heterocycles. The van der Waals surface area contributed by atoms with Gasteiger partial charge in [0.1, 0.15) is 10.8 Å². The average molecular weight is 282 g/mol. The van der Waals surface area contributed by atoms with E-state index < -0.39 is 0 Å². The Balaban J connectivity index is 1.95. The second-order valence-corrected chi connectivity index (χ2v) is 5.60. The van der Waals surface area contributed by atoms with Gasteiger partial charge in [-0.3, -0.25) is 0 Å². The van der Waals surface area contributed by atoms with Gasteiger partial charge in [-0.05, 0) is 42.9 Å². The van der Waals surface area contributed by atoms with Gasteiger partial charge < -0.3 is 15.8 Å². The van der Waals surface area contributed by atoms with Crippen molar-refractivity contribution in [1.29, 1.82) is 0 Å². The number of nitrogens with one attached hydrogen (secondary N) is 1. The Morgan fingerprint density at radius 1 is 1.53 bits per heavy atom. The molecule has 1 aromatic carbocycles. The lowest BCUT2D eigenvalue weighted by Crippen LogP contribution is -2.18. The monoisotopic (exact) mass is 282 g/mol. The van der Waals surface area contributed by atoms with Crippen molar-refractivity contribution in [3.05, 3.63) is 29.6 Å². The molecule has 0 amide bonds. The van der Waals surface area contributed by atoms with Crippen molar-refractivity contribution in [3.8, 4) is 0 Å². The van der Waals surface area contributed by atoms with Crippen molar-refractivity contribution in [2.45, 2.75) is 19.3 Å². The van der Waals surface area contributed by atoms with Gasteiger partial charge in [-0.1, -0.05) is 12.2 Å². The highest BCUT2D eigenvalue weighted by atomic mass is 32.1. The van der Waals surface area contributed by atoms with Crippen LogP contribution in [0, 0.1) is 11.2 Å². The van der Waals surface area contributed by atoms with Crippen molar-refractivity contribution < 1.29 is 9.13 Å². The lowest BCUT2D eigenvalue weighted by Gasteiger charge is -2.17. The number of hydrogen-bond acceptors (Lipinski definition) is 3. The van der Waals surface area contributed by atoms with Gasteiger partial charge in [0.15, 0.2) is 0 Å². The number of anilines is 1.